The minimum absolute atomic E-state index is 0.195. The van der Waals surface area contributed by atoms with Gasteiger partial charge in [-0.05, 0) is 44.6 Å². The first-order valence-electron chi connectivity index (χ1n) is 6.24. The standard InChI is InChI=1S/C11H22N2O2S/c12-10-3-1-9(2-4-10)7-13-11-5-6-16(14,15)8-11/h9-11,13H,1-8,12H2. The lowest BCUT2D eigenvalue weighted by Crippen LogP contribution is -2.37. The van der Waals surface area contributed by atoms with E-state index in [1.807, 2.05) is 0 Å². The molecule has 0 radical (unpaired) electrons. The van der Waals surface area contributed by atoms with Crippen LogP contribution in [-0.2, 0) is 9.84 Å². The summed E-state index contributed by atoms with van der Waals surface area (Å²) in [7, 11) is -2.74. The van der Waals surface area contributed by atoms with Gasteiger partial charge in [-0.25, -0.2) is 8.42 Å². The van der Waals surface area contributed by atoms with Gasteiger partial charge in [0.05, 0.1) is 11.5 Å². The molecule has 0 spiro atoms. The summed E-state index contributed by atoms with van der Waals surface area (Å²) >= 11 is 0. The van der Waals surface area contributed by atoms with Gasteiger partial charge in [-0.3, -0.25) is 0 Å². The molecule has 1 aliphatic carbocycles. The molecule has 4 nitrogen and oxygen atoms in total. The molecule has 1 saturated carbocycles. The summed E-state index contributed by atoms with van der Waals surface area (Å²) in [6.07, 6.45) is 5.40. The number of rotatable bonds is 3. The maximum Gasteiger partial charge on any atom is 0.151 e. The fraction of sp³-hybridized carbons (Fsp3) is 1.00. The molecule has 2 aliphatic rings. The maximum atomic E-state index is 11.3. The fourth-order valence-corrected chi connectivity index (χ4v) is 4.39. The van der Waals surface area contributed by atoms with Gasteiger partial charge in [0.15, 0.2) is 9.84 Å². The maximum absolute atomic E-state index is 11.3. The third-order valence-corrected chi connectivity index (χ3v) is 5.59. The van der Waals surface area contributed by atoms with Crippen molar-refractivity contribution in [1.82, 2.24) is 5.32 Å². The molecular formula is C11H22N2O2S. The lowest BCUT2D eigenvalue weighted by Gasteiger charge is -2.27. The zero-order valence-electron chi connectivity index (χ0n) is 9.69. The Morgan fingerprint density at radius 1 is 1.12 bits per heavy atom. The van der Waals surface area contributed by atoms with E-state index in [2.05, 4.69) is 5.32 Å². The average Bonchev–Trinajstić information content (AvgIpc) is 2.58. The predicted octanol–water partition coefficient (Wildman–Crippen LogP) is 0.281. The van der Waals surface area contributed by atoms with Gasteiger partial charge in [0.2, 0.25) is 0 Å². The Morgan fingerprint density at radius 3 is 2.38 bits per heavy atom. The second-order valence-corrected chi connectivity index (χ2v) is 7.52. The summed E-state index contributed by atoms with van der Waals surface area (Å²) in [6, 6.07) is 0.587. The topological polar surface area (TPSA) is 72.2 Å². The molecular weight excluding hydrogens is 224 g/mol. The van der Waals surface area contributed by atoms with Gasteiger partial charge in [0, 0.05) is 12.1 Å². The largest absolute Gasteiger partial charge is 0.328 e. The predicted molar refractivity (Wildman–Crippen MR) is 65.0 cm³/mol. The Balaban J connectivity index is 1.68. The third-order valence-electron chi connectivity index (χ3n) is 3.82. The lowest BCUT2D eigenvalue weighted by molar-refractivity contribution is 0.306. The average molecular weight is 246 g/mol. The molecule has 1 saturated heterocycles. The molecule has 0 amide bonds. The summed E-state index contributed by atoms with van der Waals surface area (Å²) < 4.78 is 22.6. The Hall–Kier alpha value is -0.130. The van der Waals surface area contributed by atoms with E-state index >= 15 is 0 Å². The van der Waals surface area contributed by atoms with Crippen molar-refractivity contribution in [3.05, 3.63) is 0 Å². The summed E-state index contributed by atoms with van der Waals surface area (Å²) in [4.78, 5) is 0. The monoisotopic (exact) mass is 246 g/mol. The summed E-state index contributed by atoms with van der Waals surface area (Å²) in [5.74, 6) is 1.39. The van der Waals surface area contributed by atoms with E-state index in [1.54, 1.807) is 0 Å². The number of sulfone groups is 1. The molecule has 0 aromatic heterocycles. The van der Waals surface area contributed by atoms with Crippen molar-refractivity contribution < 1.29 is 8.42 Å². The highest BCUT2D eigenvalue weighted by atomic mass is 32.2. The van der Waals surface area contributed by atoms with E-state index in [-0.39, 0.29) is 6.04 Å². The van der Waals surface area contributed by atoms with E-state index in [0.29, 0.717) is 23.5 Å². The van der Waals surface area contributed by atoms with E-state index in [9.17, 15) is 8.42 Å². The quantitative estimate of drug-likeness (QED) is 0.750. The molecule has 1 atom stereocenters. The van der Waals surface area contributed by atoms with Crippen LogP contribution in [0.2, 0.25) is 0 Å². The zero-order chi connectivity index (χ0) is 11.6. The van der Waals surface area contributed by atoms with Crippen LogP contribution in [0.3, 0.4) is 0 Å². The van der Waals surface area contributed by atoms with Gasteiger partial charge in [-0.2, -0.15) is 0 Å². The van der Waals surface area contributed by atoms with E-state index in [1.165, 1.54) is 12.8 Å². The van der Waals surface area contributed by atoms with Crippen LogP contribution in [0, 0.1) is 5.92 Å². The van der Waals surface area contributed by atoms with Crippen LogP contribution in [0.15, 0.2) is 0 Å². The SMILES string of the molecule is NC1CCC(CNC2CCS(=O)(=O)C2)CC1. The van der Waals surface area contributed by atoms with Crippen LogP contribution >= 0.6 is 0 Å². The molecule has 16 heavy (non-hydrogen) atoms. The van der Waals surface area contributed by atoms with Crippen molar-refractivity contribution in [2.24, 2.45) is 11.7 Å². The number of hydrogen-bond donors (Lipinski definition) is 2. The van der Waals surface area contributed by atoms with Crippen LogP contribution < -0.4 is 11.1 Å². The molecule has 3 N–H and O–H groups in total. The van der Waals surface area contributed by atoms with Crippen LogP contribution in [0.25, 0.3) is 0 Å². The number of nitrogens with one attached hydrogen (secondary N) is 1. The minimum Gasteiger partial charge on any atom is -0.328 e. The van der Waals surface area contributed by atoms with Crippen LogP contribution in [-0.4, -0.2) is 38.6 Å². The van der Waals surface area contributed by atoms with Gasteiger partial charge < -0.3 is 11.1 Å². The molecule has 94 valence electrons. The molecule has 5 heteroatoms. The Kier molecular flexibility index (Phi) is 3.87. The highest BCUT2D eigenvalue weighted by molar-refractivity contribution is 7.91. The van der Waals surface area contributed by atoms with Crippen molar-refractivity contribution >= 4 is 9.84 Å². The molecule has 1 aliphatic heterocycles. The fourth-order valence-electron chi connectivity index (χ4n) is 2.68. The summed E-state index contributed by atoms with van der Waals surface area (Å²) in [5.41, 5.74) is 5.85. The molecule has 1 heterocycles. The van der Waals surface area contributed by atoms with Gasteiger partial charge in [0.1, 0.15) is 0 Å². The Morgan fingerprint density at radius 2 is 1.81 bits per heavy atom. The molecule has 2 fully saturated rings. The van der Waals surface area contributed by atoms with Crippen molar-refractivity contribution in [1.29, 1.82) is 0 Å². The smallest absolute Gasteiger partial charge is 0.151 e. The molecule has 1 unspecified atom stereocenters. The third kappa shape index (κ3) is 3.43. The van der Waals surface area contributed by atoms with Crippen LogP contribution in [0.4, 0.5) is 0 Å². The number of hydrogen-bond acceptors (Lipinski definition) is 4. The molecule has 2 rings (SSSR count). The van der Waals surface area contributed by atoms with Gasteiger partial charge in [0.25, 0.3) is 0 Å². The second-order valence-electron chi connectivity index (χ2n) is 5.29. The van der Waals surface area contributed by atoms with Gasteiger partial charge in [-0.1, -0.05) is 0 Å². The van der Waals surface area contributed by atoms with E-state index in [4.69, 9.17) is 5.73 Å². The molecule has 0 aromatic rings. The second kappa shape index (κ2) is 5.02. The number of nitrogens with two attached hydrogens (primary N) is 1. The van der Waals surface area contributed by atoms with Crippen molar-refractivity contribution in [3.8, 4) is 0 Å². The summed E-state index contributed by atoms with van der Waals surface area (Å²) in [6.45, 7) is 0.965. The van der Waals surface area contributed by atoms with Crippen molar-refractivity contribution in [2.75, 3.05) is 18.1 Å². The normalized spacial score (nSPS) is 38.7. The Labute approximate surface area is 97.9 Å². The lowest BCUT2D eigenvalue weighted by atomic mass is 9.86. The highest BCUT2D eigenvalue weighted by Gasteiger charge is 2.28. The van der Waals surface area contributed by atoms with E-state index < -0.39 is 9.84 Å². The van der Waals surface area contributed by atoms with E-state index in [0.717, 1.165) is 25.8 Å². The molecule has 0 bridgehead atoms. The van der Waals surface area contributed by atoms with Crippen molar-refractivity contribution in [2.45, 2.75) is 44.2 Å². The highest BCUT2D eigenvalue weighted by Crippen LogP contribution is 2.23. The first-order valence-corrected chi connectivity index (χ1v) is 8.07. The van der Waals surface area contributed by atoms with Crippen molar-refractivity contribution in [3.63, 3.8) is 0 Å². The van der Waals surface area contributed by atoms with Gasteiger partial charge >= 0.3 is 0 Å². The Bertz CT molecular complexity index is 321. The van der Waals surface area contributed by atoms with Crippen LogP contribution in [0.5, 0.6) is 0 Å². The summed E-state index contributed by atoms with van der Waals surface area (Å²) in [5, 5.41) is 3.40. The van der Waals surface area contributed by atoms with Crippen LogP contribution in [0.1, 0.15) is 32.1 Å². The van der Waals surface area contributed by atoms with Gasteiger partial charge in [-0.15, -0.1) is 0 Å². The first kappa shape index (κ1) is 12.3. The first-order chi connectivity index (χ1) is 7.55. The minimum atomic E-state index is -2.74. The molecule has 0 aromatic carbocycles. The zero-order valence-corrected chi connectivity index (χ0v) is 10.5.